The molecule has 1 aromatic rings. The molecule has 1 fully saturated rings. The largest absolute Gasteiger partial charge is 0.412 e. The zero-order valence-electron chi connectivity index (χ0n) is 7.90. The summed E-state index contributed by atoms with van der Waals surface area (Å²) in [5.41, 5.74) is 0. The van der Waals surface area contributed by atoms with Crippen molar-refractivity contribution in [2.75, 3.05) is 0 Å². The van der Waals surface area contributed by atoms with E-state index in [-0.39, 0.29) is 6.09 Å². The summed E-state index contributed by atoms with van der Waals surface area (Å²) in [5, 5.41) is 2.80. The monoisotopic (exact) mass is 191 g/mol. The molecule has 1 N–H and O–H groups in total. The van der Waals surface area contributed by atoms with Gasteiger partial charge in [-0.15, -0.1) is 0 Å². The normalized spacial score (nSPS) is 15.7. The van der Waals surface area contributed by atoms with Gasteiger partial charge in [-0.3, -0.25) is 0 Å². The highest BCUT2D eigenvalue weighted by molar-refractivity contribution is 5.70. The van der Waals surface area contributed by atoms with Crippen LogP contribution in [-0.4, -0.2) is 12.1 Å². The van der Waals surface area contributed by atoms with Crippen molar-refractivity contribution in [3.63, 3.8) is 0 Å². The molecule has 74 valence electrons. The van der Waals surface area contributed by atoms with Crippen molar-refractivity contribution in [1.29, 1.82) is 0 Å². The quantitative estimate of drug-likeness (QED) is 0.779. The molecule has 1 saturated carbocycles. The molecule has 0 radical (unpaired) electrons. The molecule has 0 unspecified atom stereocenters. The number of rotatable bonds is 2. The lowest BCUT2D eigenvalue weighted by Crippen LogP contribution is -2.40. The fourth-order valence-electron chi connectivity index (χ4n) is 1.34. The maximum absolute atomic E-state index is 11.3. The van der Waals surface area contributed by atoms with Gasteiger partial charge in [0.05, 0.1) is 0 Å². The zero-order chi connectivity index (χ0) is 9.80. The standard InChI is InChI=1S/C11H13NO2/c13-11(12-9-5-4-6-9)14-10-7-2-1-3-8-10/h1-3,7-9H,4-6H2,(H,12,13). The second-order valence-electron chi connectivity index (χ2n) is 3.47. The number of hydrogen-bond donors (Lipinski definition) is 1. The van der Waals surface area contributed by atoms with Crippen molar-refractivity contribution in [2.24, 2.45) is 0 Å². The van der Waals surface area contributed by atoms with Gasteiger partial charge in [-0.25, -0.2) is 4.79 Å². The molecular weight excluding hydrogens is 178 g/mol. The molecule has 0 saturated heterocycles. The predicted octanol–water partition coefficient (Wildman–Crippen LogP) is 2.33. The van der Waals surface area contributed by atoms with Gasteiger partial charge in [-0.2, -0.15) is 0 Å². The summed E-state index contributed by atoms with van der Waals surface area (Å²) in [6.45, 7) is 0. The Kier molecular flexibility index (Phi) is 2.68. The van der Waals surface area contributed by atoms with Crippen molar-refractivity contribution in [3.05, 3.63) is 30.3 Å². The van der Waals surface area contributed by atoms with Crippen molar-refractivity contribution >= 4 is 6.09 Å². The summed E-state index contributed by atoms with van der Waals surface area (Å²) in [6.07, 6.45) is 3.00. The van der Waals surface area contributed by atoms with E-state index in [1.165, 1.54) is 6.42 Å². The second kappa shape index (κ2) is 4.13. The Bertz CT molecular complexity index is 306. The van der Waals surface area contributed by atoms with E-state index in [1.807, 2.05) is 18.2 Å². The molecule has 1 aromatic carbocycles. The Morgan fingerprint density at radius 1 is 1.29 bits per heavy atom. The van der Waals surface area contributed by atoms with E-state index in [0.717, 1.165) is 12.8 Å². The average molecular weight is 191 g/mol. The molecule has 0 aliphatic heterocycles. The van der Waals surface area contributed by atoms with E-state index >= 15 is 0 Å². The minimum absolute atomic E-state index is 0.325. The molecule has 1 amide bonds. The summed E-state index contributed by atoms with van der Waals surface area (Å²) in [5.74, 6) is 0.587. The fourth-order valence-corrected chi connectivity index (χ4v) is 1.34. The van der Waals surface area contributed by atoms with Crippen LogP contribution in [0.15, 0.2) is 30.3 Å². The third-order valence-corrected chi connectivity index (χ3v) is 2.38. The Labute approximate surface area is 83.1 Å². The third kappa shape index (κ3) is 2.25. The molecular formula is C11H13NO2. The highest BCUT2D eigenvalue weighted by Gasteiger charge is 2.19. The summed E-state index contributed by atoms with van der Waals surface area (Å²) in [6, 6.07) is 9.42. The molecule has 0 atom stereocenters. The predicted molar refractivity (Wildman–Crippen MR) is 53.2 cm³/mol. The lowest BCUT2D eigenvalue weighted by Gasteiger charge is -2.25. The first-order chi connectivity index (χ1) is 6.84. The van der Waals surface area contributed by atoms with Crippen LogP contribution in [0.2, 0.25) is 0 Å². The molecule has 1 aliphatic rings. The van der Waals surface area contributed by atoms with Gasteiger partial charge >= 0.3 is 6.09 Å². The average Bonchev–Trinajstić information content (AvgIpc) is 2.13. The van der Waals surface area contributed by atoms with Gasteiger partial charge in [0.25, 0.3) is 0 Å². The van der Waals surface area contributed by atoms with Crippen LogP contribution in [0.3, 0.4) is 0 Å². The molecule has 0 spiro atoms. The Balaban J connectivity index is 1.82. The van der Waals surface area contributed by atoms with E-state index in [0.29, 0.717) is 11.8 Å². The number of para-hydroxylation sites is 1. The van der Waals surface area contributed by atoms with Crippen molar-refractivity contribution in [1.82, 2.24) is 5.32 Å². The van der Waals surface area contributed by atoms with E-state index in [2.05, 4.69) is 5.32 Å². The maximum atomic E-state index is 11.3. The fraction of sp³-hybridized carbons (Fsp3) is 0.364. The van der Waals surface area contributed by atoms with Crippen LogP contribution < -0.4 is 10.1 Å². The summed E-state index contributed by atoms with van der Waals surface area (Å²) >= 11 is 0. The minimum atomic E-state index is -0.346. The Hall–Kier alpha value is -1.51. The van der Waals surface area contributed by atoms with E-state index < -0.39 is 0 Å². The van der Waals surface area contributed by atoms with Gasteiger partial charge in [0.1, 0.15) is 5.75 Å². The molecule has 1 aliphatic carbocycles. The summed E-state index contributed by atoms with van der Waals surface area (Å²) in [4.78, 5) is 11.3. The number of hydrogen-bond acceptors (Lipinski definition) is 2. The number of carbonyl (C=O) groups excluding carboxylic acids is 1. The molecule has 2 rings (SSSR count). The molecule has 0 heterocycles. The lowest BCUT2D eigenvalue weighted by atomic mass is 9.93. The number of ether oxygens (including phenoxy) is 1. The molecule has 3 nitrogen and oxygen atoms in total. The zero-order valence-corrected chi connectivity index (χ0v) is 7.90. The molecule has 14 heavy (non-hydrogen) atoms. The lowest BCUT2D eigenvalue weighted by molar-refractivity contribution is 0.188. The van der Waals surface area contributed by atoms with E-state index in [4.69, 9.17) is 4.74 Å². The Morgan fingerprint density at radius 3 is 2.57 bits per heavy atom. The van der Waals surface area contributed by atoms with Crippen LogP contribution in [0, 0.1) is 0 Å². The minimum Gasteiger partial charge on any atom is -0.410 e. The first kappa shape index (κ1) is 9.06. The second-order valence-corrected chi connectivity index (χ2v) is 3.47. The first-order valence-corrected chi connectivity index (χ1v) is 4.88. The van der Waals surface area contributed by atoms with Crippen LogP contribution >= 0.6 is 0 Å². The smallest absolute Gasteiger partial charge is 0.410 e. The topological polar surface area (TPSA) is 38.3 Å². The van der Waals surface area contributed by atoms with Gasteiger partial charge < -0.3 is 10.1 Å². The molecule has 0 aromatic heterocycles. The number of benzene rings is 1. The molecule has 3 heteroatoms. The third-order valence-electron chi connectivity index (χ3n) is 2.38. The van der Waals surface area contributed by atoms with E-state index in [1.54, 1.807) is 12.1 Å². The molecule has 0 bridgehead atoms. The van der Waals surface area contributed by atoms with Crippen LogP contribution in [0.1, 0.15) is 19.3 Å². The van der Waals surface area contributed by atoms with E-state index in [9.17, 15) is 4.79 Å². The van der Waals surface area contributed by atoms with Crippen LogP contribution in [0.5, 0.6) is 5.75 Å². The van der Waals surface area contributed by atoms with Crippen molar-refractivity contribution in [2.45, 2.75) is 25.3 Å². The Morgan fingerprint density at radius 2 is 2.00 bits per heavy atom. The maximum Gasteiger partial charge on any atom is 0.412 e. The van der Waals surface area contributed by atoms with Crippen LogP contribution in [-0.2, 0) is 0 Å². The highest BCUT2D eigenvalue weighted by Crippen LogP contribution is 2.18. The van der Waals surface area contributed by atoms with Gasteiger partial charge in [-0.1, -0.05) is 18.2 Å². The summed E-state index contributed by atoms with van der Waals surface area (Å²) in [7, 11) is 0. The first-order valence-electron chi connectivity index (χ1n) is 4.88. The van der Waals surface area contributed by atoms with Crippen molar-refractivity contribution < 1.29 is 9.53 Å². The van der Waals surface area contributed by atoms with Crippen LogP contribution in [0.4, 0.5) is 4.79 Å². The summed E-state index contributed by atoms with van der Waals surface area (Å²) < 4.78 is 5.07. The van der Waals surface area contributed by atoms with Gasteiger partial charge in [0.2, 0.25) is 0 Å². The van der Waals surface area contributed by atoms with Gasteiger partial charge in [-0.05, 0) is 31.4 Å². The highest BCUT2D eigenvalue weighted by atomic mass is 16.6. The number of amides is 1. The van der Waals surface area contributed by atoms with Crippen LogP contribution in [0.25, 0.3) is 0 Å². The number of carbonyl (C=O) groups is 1. The SMILES string of the molecule is O=C(NC1CCC1)Oc1ccccc1. The number of nitrogens with one attached hydrogen (secondary N) is 1. The van der Waals surface area contributed by atoms with Crippen molar-refractivity contribution in [3.8, 4) is 5.75 Å². The van der Waals surface area contributed by atoms with Gasteiger partial charge in [0.15, 0.2) is 0 Å². The van der Waals surface area contributed by atoms with Gasteiger partial charge in [0, 0.05) is 6.04 Å².